The van der Waals surface area contributed by atoms with E-state index in [4.69, 9.17) is 0 Å². The molecule has 72 valence electrons. The molecule has 0 atom stereocenters. The fraction of sp³-hybridized carbons (Fsp3) is 0.900. The van der Waals surface area contributed by atoms with E-state index in [1.54, 1.807) is 0 Å². The molecule has 0 radical (unpaired) electrons. The highest BCUT2D eigenvalue weighted by molar-refractivity contribution is 5.14. The highest BCUT2D eigenvalue weighted by atomic mass is 15.3. The normalized spacial score (nSPS) is 13.2. The first-order valence-corrected chi connectivity index (χ1v) is 4.44. The molecule has 0 bridgehead atoms. The molecule has 0 aliphatic rings. The van der Waals surface area contributed by atoms with Crippen LogP contribution in [0.1, 0.15) is 13.8 Å². The van der Waals surface area contributed by atoms with Crippen LogP contribution < -0.4 is 0 Å². The first-order chi connectivity index (χ1) is 5.12. The molecular formula is C10H24N2+2. The van der Waals surface area contributed by atoms with Gasteiger partial charge in [-0.2, -0.15) is 0 Å². The van der Waals surface area contributed by atoms with Gasteiger partial charge in [0.1, 0.15) is 13.8 Å². The third-order valence-electron chi connectivity index (χ3n) is 1.60. The van der Waals surface area contributed by atoms with Crippen LogP contribution in [0.3, 0.4) is 0 Å². The second-order valence-corrected chi connectivity index (χ2v) is 5.63. The zero-order chi connectivity index (χ0) is 9.99. The molecule has 0 N–H and O–H groups in total. The Morgan fingerprint density at radius 3 is 1.92 bits per heavy atom. The Morgan fingerprint density at radius 2 is 1.67 bits per heavy atom. The summed E-state index contributed by atoms with van der Waals surface area (Å²) >= 11 is 0. The van der Waals surface area contributed by atoms with Crippen molar-refractivity contribution in [1.82, 2.24) is 0 Å². The van der Waals surface area contributed by atoms with Gasteiger partial charge in [0.2, 0.25) is 0 Å². The van der Waals surface area contributed by atoms with Crippen molar-refractivity contribution >= 4 is 6.72 Å². The van der Waals surface area contributed by atoms with Crippen LogP contribution in [-0.2, 0) is 0 Å². The van der Waals surface area contributed by atoms with E-state index < -0.39 is 0 Å². The Morgan fingerprint density at radius 1 is 1.25 bits per heavy atom. The van der Waals surface area contributed by atoms with Crippen LogP contribution in [0.5, 0.6) is 0 Å². The van der Waals surface area contributed by atoms with Crippen molar-refractivity contribution < 1.29 is 9.06 Å². The average Bonchev–Trinajstić information content (AvgIpc) is 1.48. The summed E-state index contributed by atoms with van der Waals surface area (Å²) in [6.45, 7) is 10.7. The quantitative estimate of drug-likeness (QED) is 0.339. The van der Waals surface area contributed by atoms with E-state index in [1.807, 2.05) is 11.6 Å². The van der Waals surface area contributed by atoms with Crippen molar-refractivity contribution in [3.05, 3.63) is 0 Å². The third-order valence-corrected chi connectivity index (χ3v) is 1.60. The molecule has 2 heteroatoms. The van der Waals surface area contributed by atoms with Crippen LogP contribution in [0.4, 0.5) is 0 Å². The van der Waals surface area contributed by atoms with E-state index in [1.165, 1.54) is 6.54 Å². The predicted octanol–water partition coefficient (Wildman–Crippen LogP) is 1.06. The molecule has 12 heavy (non-hydrogen) atoms. The lowest BCUT2D eigenvalue weighted by Gasteiger charge is -2.32. The monoisotopic (exact) mass is 172 g/mol. The van der Waals surface area contributed by atoms with Gasteiger partial charge >= 0.3 is 0 Å². The van der Waals surface area contributed by atoms with Crippen LogP contribution >= 0.6 is 0 Å². The van der Waals surface area contributed by atoms with Gasteiger partial charge in [-0.05, 0) is 13.8 Å². The zero-order valence-corrected chi connectivity index (χ0v) is 9.52. The SMILES string of the molecule is C=[N+](C)CC(C)(C)C[N+](C)(C)C. The first-order valence-electron chi connectivity index (χ1n) is 4.44. The van der Waals surface area contributed by atoms with E-state index in [0.29, 0.717) is 5.41 Å². The highest BCUT2D eigenvalue weighted by Crippen LogP contribution is 2.17. The van der Waals surface area contributed by atoms with E-state index in [0.717, 1.165) is 11.0 Å². The van der Waals surface area contributed by atoms with Gasteiger partial charge in [0.05, 0.1) is 33.1 Å². The molecule has 0 unspecified atom stereocenters. The van der Waals surface area contributed by atoms with Gasteiger partial charge in [0, 0.05) is 0 Å². The third kappa shape index (κ3) is 6.35. The number of hydrogen-bond donors (Lipinski definition) is 0. The van der Waals surface area contributed by atoms with Crippen LogP contribution in [0, 0.1) is 5.41 Å². The number of quaternary nitrogens is 1. The number of nitrogens with zero attached hydrogens (tertiary/aromatic N) is 2. The molecule has 0 amide bonds. The summed E-state index contributed by atoms with van der Waals surface area (Å²) in [7, 11) is 8.71. The molecule has 0 aliphatic carbocycles. The van der Waals surface area contributed by atoms with Crippen molar-refractivity contribution in [2.24, 2.45) is 5.41 Å². The molecule has 0 saturated heterocycles. The molecule has 0 aromatic carbocycles. The fourth-order valence-corrected chi connectivity index (χ4v) is 2.06. The van der Waals surface area contributed by atoms with E-state index in [2.05, 4.69) is 41.7 Å². The molecule has 0 heterocycles. The topological polar surface area (TPSA) is 3.01 Å². The Hall–Kier alpha value is -0.370. The molecule has 0 aromatic rings. The van der Waals surface area contributed by atoms with Crippen molar-refractivity contribution in [1.29, 1.82) is 0 Å². The molecule has 0 aliphatic heterocycles. The van der Waals surface area contributed by atoms with Gasteiger partial charge in [-0.1, -0.05) is 0 Å². The van der Waals surface area contributed by atoms with Gasteiger partial charge in [-0.3, -0.25) is 0 Å². The molecule has 0 rings (SSSR count). The van der Waals surface area contributed by atoms with Gasteiger partial charge in [-0.15, -0.1) is 0 Å². The maximum absolute atomic E-state index is 3.88. The lowest BCUT2D eigenvalue weighted by molar-refractivity contribution is -0.878. The lowest BCUT2D eigenvalue weighted by Crippen LogP contribution is -2.45. The summed E-state index contributed by atoms with van der Waals surface area (Å²) in [5.74, 6) is 0. The highest BCUT2D eigenvalue weighted by Gasteiger charge is 2.29. The van der Waals surface area contributed by atoms with Gasteiger partial charge < -0.3 is 4.48 Å². The maximum atomic E-state index is 3.88. The Labute approximate surface area is 77.1 Å². The van der Waals surface area contributed by atoms with Gasteiger partial charge in [0.25, 0.3) is 0 Å². The standard InChI is InChI=1S/C10H24N2/c1-10(2,8-11(3)4)9-12(5,6)7/h3,8-9H2,1-2,4-7H3/q+2. The summed E-state index contributed by atoms with van der Waals surface area (Å²) in [5, 5.41) is 0. The fourth-order valence-electron chi connectivity index (χ4n) is 2.06. The largest absolute Gasteiger partial charge is 0.330 e. The lowest BCUT2D eigenvalue weighted by atomic mass is 9.92. The summed E-state index contributed by atoms with van der Waals surface area (Å²) in [5.41, 5.74) is 0.342. The van der Waals surface area contributed by atoms with Crippen molar-refractivity contribution in [3.63, 3.8) is 0 Å². The minimum atomic E-state index is 0.342. The van der Waals surface area contributed by atoms with Crippen molar-refractivity contribution in [2.75, 3.05) is 41.3 Å². The van der Waals surface area contributed by atoms with Gasteiger partial charge in [0.15, 0.2) is 6.54 Å². The molecule has 0 fully saturated rings. The second-order valence-electron chi connectivity index (χ2n) is 5.63. The zero-order valence-electron chi connectivity index (χ0n) is 9.52. The number of rotatable bonds is 4. The second kappa shape index (κ2) is 3.56. The molecule has 0 spiro atoms. The summed E-state index contributed by atoms with van der Waals surface area (Å²) in [4.78, 5) is 0. The van der Waals surface area contributed by atoms with Crippen molar-refractivity contribution in [3.8, 4) is 0 Å². The van der Waals surface area contributed by atoms with Gasteiger partial charge in [-0.25, -0.2) is 4.58 Å². The smallest absolute Gasteiger partial charge is 0.152 e. The van der Waals surface area contributed by atoms with Crippen LogP contribution in [-0.4, -0.2) is 57.1 Å². The van der Waals surface area contributed by atoms with Crippen molar-refractivity contribution in [2.45, 2.75) is 13.8 Å². The Balaban J connectivity index is 4.13. The Kier molecular flexibility index (Phi) is 3.45. The summed E-state index contributed by atoms with van der Waals surface area (Å²) in [6, 6.07) is 0. The summed E-state index contributed by atoms with van der Waals surface area (Å²) in [6.07, 6.45) is 0. The number of hydrogen-bond acceptors (Lipinski definition) is 0. The Bertz CT molecular complexity index is 163. The predicted molar refractivity (Wildman–Crippen MR) is 54.9 cm³/mol. The van der Waals surface area contributed by atoms with Crippen LogP contribution in [0.2, 0.25) is 0 Å². The summed E-state index contributed by atoms with van der Waals surface area (Å²) < 4.78 is 3.02. The molecule has 2 nitrogen and oxygen atoms in total. The van der Waals surface area contributed by atoms with Crippen LogP contribution in [0.15, 0.2) is 0 Å². The van der Waals surface area contributed by atoms with E-state index >= 15 is 0 Å². The average molecular weight is 172 g/mol. The molecular weight excluding hydrogens is 148 g/mol. The first kappa shape index (κ1) is 11.6. The molecule has 0 saturated carbocycles. The van der Waals surface area contributed by atoms with Crippen LogP contribution in [0.25, 0.3) is 0 Å². The van der Waals surface area contributed by atoms with E-state index in [9.17, 15) is 0 Å². The minimum Gasteiger partial charge on any atom is -0.330 e. The van der Waals surface area contributed by atoms with E-state index in [-0.39, 0.29) is 0 Å². The minimum absolute atomic E-state index is 0.342. The molecule has 0 aromatic heterocycles. The maximum Gasteiger partial charge on any atom is 0.152 e.